The SMILES string of the molecule is COc1c(C)cc(C)cc1C1(O)CCCNC1. The average Bonchev–Trinajstić information content (AvgIpc) is 2.29. The van der Waals surface area contributed by atoms with Gasteiger partial charge < -0.3 is 15.2 Å². The highest BCUT2D eigenvalue weighted by Crippen LogP contribution is 2.37. The number of methoxy groups -OCH3 is 1. The maximum absolute atomic E-state index is 10.8. The molecule has 1 aromatic carbocycles. The minimum atomic E-state index is -0.791. The Hall–Kier alpha value is -1.06. The zero-order valence-electron chi connectivity index (χ0n) is 10.8. The normalized spacial score (nSPS) is 24.7. The van der Waals surface area contributed by atoms with Crippen molar-refractivity contribution in [2.24, 2.45) is 0 Å². The van der Waals surface area contributed by atoms with Gasteiger partial charge in [-0.15, -0.1) is 0 Å². The molecule has 2 rings (SSSR count). The highest BCUT2D eigenvalue weighted by atomic mass is 16.5. The molecule has 1 atom stereocenters. The maximum atomic E-state index is 10.8. The molecule has 0 radical (unpaired) electrons. The predicted octanol–water partition coefficient (Wildman–Crippen LogP) is 1.88. The fourth-order valence-corrected chi connectivity index (χ4v) is 2.69. The Labute approximate surface area is 103 Å². The number of ether oxygens (including phenoxy) is 1. The summed E-state index contributed by atoms with van der Waals surface area (Å²) in [6, 6.07) is 4.13. The quantitative estimate of drug-likeness (QED) is 0.822. The average molecular weight is 235 g/mol. The van der Waals surface area contributed by atoms with Crippen LogP contribution in [0.3, 0.4) is 0 Å². The zero-order chi connectivity index (χ0) is 12.5. The number of nitrogens with one attached hydrogen (secondary N) is 1. The van der Waals surface area contributed by atoms with Gasteiger partial charge in [-0.1, -0.05) is 11.6 Å². The minimum Gasteiger partial charge on any atom is -0.496 e. The van der Waals surface area contributed by atoms with E-state index in [1.807, 2.05) is 13.0 Å². The van der Waals surface area contributed by atoms with Gasteiger partial charge in [0.05, 0.1) is 7.11 Å². The van der Waals surface area contributed by atoms with E-state index in [0.717, 1.165) is 41.8 Å². The van der Waals surface area contributed by atoms with Crippen LogP contribution in [0.5, 0.6) is 5.75 Å². The summed E-state index contributed by atoms with van der Waals surface area (Å²) >= 11 is 0. The first-order valence-corrected chi connectivity index (χ1v) is 6.15. The Morgan fingerprint density at radius 1 is 1.35 bits per heavy atom. The van der Waals surface area contributed by atoms with Crippen LogP contribution in [0.25, 0.3) is 0 Å². The summed E-state index contributed by atoms with van der Waals surface area (Å²) in [6.45, 7) is 5.66. The highest BCUT2D eigenvalue weighted by Gasteiger charge is 2.34. The lowest BCUT2D eigenvalue weighted by molar-refractivity contribution is 0.0101. The highest BCUT2D eigenvalue weighted by molar-refractivity contribution is 5.47. The number of hydrogen-bond donors (Lipinski definition) is 2. The molecule has 0 amide bonds. The second-order valence-electron chi connectivity index (χ2n) is 4.97. The monoisotopic (exact) mass is 235 g/mol. The van der Waals surface area contributed by atoms with E-state index >= 15 is 0 Å². The van der Waals surface area contributed by atoms with Gasteiger partial charge in [0.25, 0.3) is 0 Å². The molecule has 2 N–H and O–H groups in total. The van der Waals surface area contributed by atoms with Crippen molar-refractivity contribution in [2.75, 3.05) is 20.2 Å². The van der Waals surface area contributed by atoms with Gasteiger partial charge in [0.2, 0.25) is 0 Å². The predicted molar refractivity (Wildman–Crippen MR) is 68.5 cm³/mol. The first-order chi connectivity index (χ1) is 8.07. The van der Waals surface area contributed by atoms with Crippen LogP contribution in [-0.4, -0.2) is 25.3 Å². The number of β-amino-alcohol motifs (C(OH)–C–C–N with tert-alkyl or cyclic N) is 1. The molecule has 1 heterocycles. The molecule has 3 nitrogen and oxygen atoms in total. The van der Waals surface area contributed by atoms with E-state index in [1.165, 1.54) is 0 Å². The lowest BCUT2D eigenvalue weighted by Gasteiger charge is -2.34. The number of hydrogen-bond acceptors (Lipinski definition) is 3. The fourth-order valence-electron chi connectivity index (χ4n) is 2.69. The summed E-state index contributed by atoms with van der Waals surface area (Å²) in [4.78, 5) is 0. The Morgan fingerprint density at radius 2 is 2.12 bits per heavy atom. The number of rotatable bonds is 2. The van der Waals surface area contributed by atoms with E-state index in [1.54, 1.807) is 7.11 Å². The second-order valence-corrected chi connectivity index (χ2v) is 4.97. The number of aliphatic hydroxyl groups is 1. The maximum Gasteiger partial charge on any atom is 0.127 e. The second kappa shape index (κ2) is 4.67. The van der Waals surface area contributed by atoms with Gasteiger partial charge in [-0.05, 0) is 44.9 Å². The van der Waals surface area contributed by atoms with E-state index < -0.39 is 5.60 Å². The molecule has 1 aliphatic heterocycles. The van der Waals surface area contributed by atoms with Crippen molar-refractivity contribution in [3.05, 3.63) is 28.8 Å². The van der Waals surface area contributed by atoms with E-state index in [-0.39, 0.29) is 0 Å². The van der Waals surface area contributed by atoms with Gasteiger partial charge >= 0.3 is 0 Å². The lowest BCUT2D eigenvalue weighted by atomic mass is 9.84. The molecule has 17 heavy (non-hydrogen) atoms. The largest absolute Gasteiger partial charge is 0.496 e. The minimum absolute atomic E-state index is 0.603. The third-order valence-corrected chi connectivity index (χ3v) is 3.49. The molecule has 0 bridgehead atoms. The molecule has 1 fully saturated rings. The smallest absolute Gasteiger partial charge is 0.127 e. The van der Waals surface area contributed by atoms with Gasteiger partial charge in [0, 0.05) is 12.1 Å². The Bertz CT molecular complexity index is 409. The van der Waals surface area contributed by atoms with Crippen molar-refractivity contribution in [1.82, 2.24) is 5.32 Å². The summed E-state index contributed by atoms with van der Waals surface area (Å²) < 4.78 is 5.46. The summed E-state index contributed by atoms with van der Waals surface area (Å²) in [6.07, 6.45) is 1.78. The van der Waals surface area contributed by atoms with Gasteiger partial charge in [0.1, 0.15) is 11.4 Å². The molecule has 0 saturated carbocycles. The van der Waals surface area contributed by atoms with Crippen LogP contribution >= 0.6 is 0 Å². The Kier molecular flexibility index (Phi) is 3.40. The molecular weight excluding hydrogens is 214 g/mol. The molecule has 0 aliphatic carbocycles. The number of benzene rings is 1. The Morgan fingerprint density at radius 3 is 2.71 bits per heavy atom. The van der Waals surface area contributed by atoms with E-state index in [0.29, 0.717) is 6.54 Å². The molecule has 1 saturated heterocycles. The molecule has 1 aromatic rings. The van der Waals surface area contributed by atoms with Crippen LogP contribution in [-0.2, 0) is 5.60 Å². The van der Waals surface area contributed by atoms with Gasteiger partial charge in [-0.3, -0.25) is 0 Å². The third kappa shape index (κ3) is 2.31. The Balaban J connectivity index is 2.49. The molecule has 1 unspecified atom stereocenters. The molecule has 3 heteroatoms. The van der Waals surface area contributed by atoms with E-state index in [2.05, 4.69) is 18.3 Å². The van der Waals surface area contributed by atoms with Gasteiger partial charge in [-0.25, -0.2) is 0 Å². The van der Waals surface area contributed by atoms with Crippen LogP contribution in [0.4, 0.5) is 0 Å². The summed E-state index contributed by atoms with van der Waals surface area (Å²) in [7, 11) is 1.67. The van der Waals surface area contributed by atoms with Crippen molar-refractivity contribution < 1.29 is 9.84 Å². The van der Waals surface area contributed by atoms with Crippen molar-refractivity contribution in [2.45, 2.75) is 32.3 Å². The fraction of sp³-hybridized carbons (Fsp3) is 0.571. The van der Waals surface area contributed by atoms with Crippen LogP contribution < -0.4 is 10.1 Å². The summed E-state index contributed by atoms with van der Waals surface area (Å²) in [5.41, 5.74) is 2.38. The standard InChI is InChI=1S/C14H21NO2/c1-10-7-11(2)13(17-3)12(8-10)14(16)5-4-6-15-9-14/h7-8,15-16H,4-6,9H2,1-3H3. The van der Waals surface area contributed by atoms with Crippen molar-refractivity contribution in [3.63, 3.8) is 0 Å². The van der Waals surface area contributed by atoms with Crippen LogP contribution in [0.2, 0.25) is 0 Å². The van der Waals surface area contributed by atoms with E-state index in [4.69, 9.17) is 4.74 Å². The first kappa shape index (κ1) is 12.4. The molecule has 0 spiro atoms. The molecule has 0 aromatic heterocycles. The molecule has 1 aliphatic rings. The van der Waals surface area contributed by atoms with Crippen molar-refractivity contribution >= 4 is 0 Å². The topological polar surface area (TPSA) is 41.5 Å². The number of piperidine rings is 1. The van der Waals surface area contributed by atoms with Crippen LogP contribution in [0.15, 0.2) is 12.1 Å². The van der Waals surface area contributed by atoms with E-state index in [9.17, 15) is 5.11 Å². The molecule has 94 valence electrons. The van der Waals surface area contributed by atoms with Gasteiger partial charge in [0.15, 0.2) is 0 Å². The van der Waals surface area contributed by atoms with Crippen molar-refractivity contribution in [3.8, 4) is 5.75 Å². The summed E-state index contributed by atoms with van der Waals surface area (Å²) in [5.74, 6) is 0.821. The van der Waals surface area contributed by atoms with Crippen LogP contribution in [0, 0.1) is 13.8 Å². The van der Waals surface area contributed by atoms with Gasteiger partial charge in [-0.2, -0.15) is 0 Å². The zero-order valence-corrected chi connectivity index (χ0v) is 10.8. The number of aryl methyl sites for hydroxylation is 2. The van der Waals surface area contributed by atoms with Crippen molar-refractivity contribution in [1.29, 1.82) is 0 Å². The lowest BCUT2D eigenvalue weighted by Crippen LogP contribution is -2.43. The summed E-state index contributed by atoms with van der Waals surface area (Å²) in [5, 5.41) is 14.0. The molecular formula is C14H21NO2. The third-order valence-electron chi connectivity index (χ3n) is 3.49. The first-order valence-electron chi connectivity index (χ1n) is 6.15. The van der Waals surface area contributed by atoms with Crippen LogP contribution in [0.1, 0.15) is 29.5 Å².